The van der Waals surface area contributed by atoms with Gasteiger partial charge in [0.2, 0.25) is 0 Å². The van der Waals surface area contributed by atoms with Crippen LogP contribution in [-0.2, 0) is 4.79 Å². The topological polar surface area (TPSA) is 62.5 Å². The van der Waals surface area contributed by atoms with Crippen LogP contribution in [-0.4, -0.2) is 39.5 Å². The number of benzene rings is 1. The molecule has 1 amide bonds. The molecule has 0 unspecified atom stereocenters. The Hall–Kier alpha value is -2.56. The zero-order chi connectivity index (χ0) is 18.8. The molecule has 1 aliphatic heterocycles. The Morgan fingerprint density at radius 2 is 1.73 bits per heavy atom. The van der Waals surface area contributed by atoms with Crippen molar-refractivity contribution in [2.45, 2.75) is 39.7 Å². The minimum absolute atomic E-state index is 0.00782. The fourth-order valence-electron chi connectivity index (χ4n) is 3.97. The molecule has 0 bridgehead atoms. The molecule has 1 saturated heterocycles. The minimum Gasteiger partial charge on any atom is -0.481 e. The van der Waals surface area contributed by atoms with Crippen LogP contribution in [0.4, 0.5) is 0 Å². The third-order valence-corrected chi connectivity index (χ3v) is 5.52. The summed E-state index contributed by atoms with van der Waals surface area (Å²) in [5.74, 6) is -1.08. The van der Waals surface area contributed by atoms with E-state index in [0.29, 0.717) is 25.9 Å². The Kier molecular flexibility index (Phi) is 5.16. The lowest BCUT2D eigenvalue weighted by atomic mass is 9.96. The van der Waals surface area contributed by atoms with Crippen molar-refractivity contribution in [2.75, 3.05) is 13.1 Å². The first-order valence-electron chi connectivity index (χ1n) is 9.15. The van der Waals surface area contributed by atoms with Crippen LogP contribution in [0.5, 0.6) is 0 Å². The largest absolute Gasteiger partial charge is 0.481 e. The quantitative estimate of drug-likeness (QED) is 0.911. The number of hydrogen-bond donors (Lipinski definition) is 1. The Labute approximate surface area is 154 Å². The fourth-order valence-corrected chi connectivity index (χ4v) is 3.97. The number of carbonyl (C=O) groups excluding carboxylic acids is 1. The first-order chi connectivity index (χ1) is 12.4. The normalized spacial score (nSPS) is 16.5. The first kappa shape index (κ1) is 18.2. The molecule has 3 rings (SSSR count). The average Bonchev–Trinajstić information content (AvgIpc) is 2.95. The maximum absolute atomic E-state index is 13.0. The summed E-state index contributed by atoms with van der Waals surface area (Å²) in [5.41, 5.74) is 3.95. The number of amides is 1. The lowest BCUT2D eigenvalue weighted by Gasteiger charge is -2.30. The van der Waals surface area contributed by atoms with Gasteiger partial charge in [0.15, 0.2) is 0 Å². The van der Waals surface area contributed by atoms with Gasteiger partial charge in [-0.05, 0) is 45.2 Å². The molecule has 0 aliphatic carbocycles. The van der Waals surface area contributed by atoms with Gasteiger partial charge in [-0.2, -0.15) is 0 Å². The molecule has 1 aromatic heterocycles. The average molecular weight is 354 g/mol. The standard InChI is InChI=1S/C21H26N2O3/c1-14-13-19(20(24)22-11-9-18(10-12-22)21(25)26)16(3)23(14)15(2)17-7-5-4-6-8-17/h4-8,13,15,18H,9-12H2,1-3H3,(H,25,26)/t15-/m0/s1. The molecular formula is C21H26N2O3. The number of carboxylic acid groups (broad SMARTS) is 1. The Morgan fingerprint density at radius 1 is 1.12 bits per heavy atom. The zero-order valence-corrected chi connectivity index (χ0v) is 15.6. The molecule has 0 spiro atoms. The van der Waals surface area contributed by atoms with Crippen molar-refractivity contribution >= 4 is 11.9 Å². The van der Waals surface area contributed by atoms with E-state index in [4.69, 9.17) is 5.11 Å². The number of aryl methyl sites for hydroxylation is 1. The molecule has 2 aromatic rings. The van der Waals surface area contributed by atoms with Crippen molar-refractivity contribution in [3.05, 3.63) is 58.9 Å². The summed E-state index contributed by atoms with van der Waals surface area (Å²) in [6.07, 6.45) is 1.06. The number of hydrogen-bond acceptors (Lipinski definition) is 2. The van der Waals surface area contributed by atoms with Crippen molar-refractivity contribution in [3.8, 4) is 0 Å². The molecular weight excluding hydrogens is 328 g/mol. The molecule has 5 nitrogen and oxygen atoms in total. The van der Waals surface area contributed by atoms with Gasteiger partial charge in [-0.15, -0.1) is 0 Å². The van der Waals surface area contributed by atoms with Gasteiger partial charge in [-0.3, -0.25) is 9.59 Å². The summed E-state index contributed by atoms with van der Waals surface area (Å²) in [7, 11) is 0. The molecule has 1 fully saturated rings. The second-order valence-electron chi connectivity index (χ2n) is 7.15. The molecule has 1 N–H and O–H groups in total. The summed E-state index contributed by atoms with van der Waals surface area (Å²) in [4.78, 5) is 25.9. The van der Waals surface area contributed by atoms with Gasteiger partial charge < -0.3 is 14.6 Å². The van der Waals surface area contributed by atoms with Crippen LogP contribution in [0.3, 0.4) is 0 Å². The second-order valence-corrected chi connectivity index (χ2v) is 7.15. The lowest BCUT2D eigenvalue weighted by molar-refractivity contribution is -0.143. The van der Waals surface area contributed by atoms with Crippen LogP contribution in [0.15, 0.2) is 36.4 Å². The van der Waals surface area contributed by atoms with Gasteiger partial charge in [0.25, 0.3) is 5.91 Å². The second kappa shape index (κ2) is 7.36. The van der Waals surface area contributed by atoms with Crippen LogP contribution >= 0.6 is 0 Å². The number of aromatic nitrogens is 1. The summed E-state index contributed by atoms with van der Waals surface area (Å²) < 4.78 is 2.20. The van der Waals surface area contributed by atoms with Crippen LogP contribution in [0.2, 0.25) is 0 Å². The summed E-state index contributed by atoms with van der Waals surface area (Å²) in [6, 6.07) is 12.4. The van der Waals surface area contributed by atoms with Gasteiger partial charge in [-0.1, -0.05) is 30.3 Å². The van der Waals surface area contributed by atoms with Crippen molar-refractivity contribution in [1.82, 2.24) is 9.47 Å². The van der Waals surface area contributed by atoms with Crippen molar-refractivity contribution < 1.29 is 14.7 Å². The number of nitrogens with zero attached hydrogens (tertiary/aromatic N) is 2. The zero-order valence-electron chi connectivity index (χ0n) is 15.6. The highest BCUT2D eigenvalue weighted by atomic mass is 16.4. The Balaban J connectivity index is 1.82. The van der Waals surface area contributed by atoms with Crippen LogP contribution in [0.25, 0.3) is 0 Å². The summed E-state index contributed by atoms with van der Waals surface area (Å²) in [5, 5.41) is 9.13. The highest BCUT2D eigenvalue weighted by Crippen LogP contribution is 2.27. The lowest BCUT2D eigenvalue weighted by Crippen LogP contribution is -2.40. The molecule has 138 valence electrons. The number of carbonyl (C=O) groups is 2. The third-order valence-electron chi connectivity index (χ3n) is 5.52. The minimum atomic E-state index is -0.757. The molecule has 2 heterocycles. The van der Waals surface area contributed by atoms with E-state index in [2.05, 4.69) is 23.6 Å². The van der Waals surface area contributed by atoms with Gasteiger partial charge in [0.1, 0.15) is 0 Å². The van der Waals surface area contributed by atoms with Gasteiger partial charge >= 0.3 is 5.97 Å². The van der Waals surface area contributed by atoms with E-state index in [-0.39, 0.29) is 17.9 Å². The summed E-state index contributed by atoms with van der Waals surface area (Å²) in [6.45, 7) is 7.17. The van der Waals surface area contributed by atoms with Crippen LogP contribution in [0, 0.1) is 19.8 Å². The Bertz CT molecular complexity index is 802. The van der Waals surface area contributed by atoms with E-state index >= 15 is 0 Å². The van der Waals surface area contributed by atoms with E-state index in [9.17, 15) is 9.59 Å². The SMILES string of the molecule is Cc1cc(C(=O)N2CCC(C(=O)O)CC2)c(C)n1[C@@H](C)c1ccccc1. The van der Waals surface area contributed by atoms with Crippen molar-refractivity contribution in [3.63, 3.8) is 0 Å². The molecule has 1 atom stereocenters. The summed E-state index contributed by atoms with van der Waals surface area (Å²) >= 11 is 0. The highest BCUT2D eigenvalue weighted by molar-refractivity contribution is 5.96. The van der Waals surface area contributed by atoms with E-state index < -0.39 is 5.97 Å². The van der Waals surface area contributed by atoms with E-state index in [1.54, 1.807) is 4.90 Å². The predicted molar refractivity (Wildman–Crippen MR) is 100 cm³/mol. The number of likely N-dealkylation sites (tertiary alicyclic amines) is 1. The van der Waals surface area contributed by atoms with E-state index in [1.807, 2.05) is 38.1 Å². The molecule has 26 heavy (non-hydrogen) atoms. The maximum atomic E-state index is 13.0. The molecule has 0 saturated carbocycles. The van der Waals surface area contributed by atoms with Crippen LogP contribution < -0.4 is 0 Å². The number of aliphatic carboxylic acids is 1. The Morgan fingerprint density at radius 3 is 2.31 bits per heavy atom. The first-order valence-corrected chi connectivity index (χ1v) is 9.15. The highest BCUT2D eigenvalue weighted by Gasteiger charge is 2.29. The van der Waals surface area contributed by atoms with E-state index in [0.717, 1.165) is 17.0 Å². The van der Waals surface area contributed by atoms with Crippen LogP contribution in [0.1, 0.15) is 53.1 Å². The number of carboxylic acids is 1. The smallest absolute Gasteiger partial charge is 0.306 e. The molecule has 0 radical (unpaired) electrons. The predicted octanol–water partition coefficient (Wildman–Crippen LogP) is 3.65. The number of rotatable bonds is 4. The monoisotopic (exact) mass is 354 g/mol. The van der Waals surface area contributed by atoms with Gasteiger partial charge in [-0.25, -0.2) is 0 Å². The van der Waals surface area contributed by atoms with Gasteiger partial charge in [0.05, 0.1) is 17.5 Å². The number of piperidine rings is 1. The van der Waals surface area contributed by atoms with E-state index in [1.165, 1.54) is 5.56 Å². The van der Waals surface area contributed by atoms with Crippen molar-refractivity contribution in [2.24, 2.45) is 5.92 Å². The molecule has 1 aromatic carbocycles. The third kappa shape index (κ3) is 3.39. The fraction of sp³-hybridized carbons (Fsp3) is 0.429. The maximum Gasteiger partial charge on any atom is 0.306 e. The molecule has 1 aliphatic rings. The molecule has 5 heteroatoms. The van der Waals surface area contributed by atoms with Crippen molar-refractivity contribution in [1.29, 1.82) is 0 Å². The van der Waals surface area contributed by atoms with Gasteiger partial charge in [0, 0.05) is 24.5 Å².